The van der Waals surface area contributed by atoms with Crippen LogP contribution in [0.15, 0.2) is 18.5 Å². The minimum atomic E-state index is -1.05. The summed E-state index contributed by atoms with van der Waals surface area (Å²) >= 11 is 0. The molecule has 1 saturated heterocycles. The van der Waals surface area contributed by atoms with E-state index in [1.807, 2.05) is 10.6 Å². The van der Waals surface area contributed by atoms with Crippen molar-refractivity contribution >= 4 is 17.6 Å². The Balaban J connectivity index is 1.85. The predicted molar refractivity (Wildman–Crippen MR) is 79.1 cm³/mol. The van der Waals surface area contributed by atoms with Gasteiger partial charge in [-0.05, 0) is 25.7 Å². The van der Waals surface area contributed by atoms with E-state index in [4.69, 9.17) is 0 Å². The molecule has 2 aromatic heterocycles. The zero-order valence-corrected chi connectivity index (χ0v) is 12.1. The number of nitrogens with zero attached hydrogens (tertiary/aromatic N) is 4. The number of fused-ring (bicyclic) bond motifs is 1. The smallest absolute Gasteiger partial charge is 0.354 e. The molecule has 0 bridgehead atoms. The molecule has 2 aliphatic rings. The van der Waals surface area contributed by atoms with E-state index in [0.717, 1.165) is 19.3 Å². The molecule has 3 heterocycles. The Bertz CT molecular complexity index is 737. The number of anilines is 1. The summed E-state index contributed by atoms with van der Waals surface area (Å²) in [6, 6.07) is 1.48. The van der Waals surface area contributed by atoms with Gasteiger partial charge in [0.2, 0.25) is 5.95 Å². The SMILES string of the molecule is O=C(O)c1cc2nccn2c(N2CC(CO)CC23CCC3)n1. The van der Waals surface area contributed by atoms with Crippen LogP contribution in [0.5, 0.6) is 0 Å². The van der Waals surface area contributed by atoms with Crippen LogP contribution in [0.4, 0.5) is 5.95 Å². The standard InChI is InChI=1S/C15H18N4O3/c20-9-10-7-15(2-1-3-15)19(8-10)14-17-11(13(21)22)6-12-16-4-5-18(12)14/h4-6,10,20H,1-3,7-9H2,(H,21,22). The highest BCUT2D eigenvalue weighted by Crippen LogP contribution is 2.48. The van der Waals surface area contributed by atoms with Crippen LogP contribution in [0, 0.1) is 5.92 Å². The topological polar surface area (TPSA) is 91.0 Å². The number of imidazole rings is 1. The molecule has 116 valence electrons. The van der Waals surface area contributed by atoms with E-state index in [0.29, 0.717) is 18.1 Å². The number of hydrogen-bond donors (Lipinski definition) is 2. The van der Waals surface area contributed by atoms with E-state index in [1.165, 1.54) is 12.5 Å². The molecule has 1 aliphatic carbocycles. The molecule has 0 amide bonds. The van der Waals surface area contributed by atoms with Gasteiger partial charge in [-0.1, -0.05) is 0 Å². The molecule has 2 fully saturated rings. The van der Waals surface area contributed by atoms with Crippen LogP contribution in [0.25, 0.3) is 5.65 Å². The summed E-state index contributed by atoms with van der Waals surface area (Å²) in [5.41, 5.74) is 0.620. The minimum absolute atomic E-state index is 0.00984. The molecule has 2 aromatic rings. The fourth-order valence-corrected chi connectivity index (χ4v) is 3.85. The first-order chi connectivity index (χ1) is 10.6. The van der Waals surface area contributed by atoms with Crippen molar-refractivity contribution in [3.8, 4) is 0 Å². The van der Waals surface area contributed by atoms with Gasteiger partial charge in [0.05, 0.1) is 0 Å². The van der Waals surface area contributed by atoms with Gasteiger partial charge in [0.15, 0.2) is 5.69 Å². The Labute approximate surface area is 127 Å². The summed E-state index contributed by atoms with van der Waals surface area (Å²) in [4.78, 5) is 22.1. The van der Waals surface area contributed by atoms with E-state index >= 15 is 0 Å². The van der Waals surface area contributed by atoms with Gasteiger partial charge in [-0.25, -0.2) is 14.8 Å². The van der Waals surface area contributed by atoms with E-state index < -0.39 is 5.97 Å². The van der Waals surface area contributed by atoms with E-state index in [2.05, 4.69) is 14.9 Å². The average Bonchev–Trinajstić information content (AvgIpc) is 3.09. The third-order valence-electron chi connectivity index (χ3n) is 5.06. The Morgan fingerprint density at radius 3 is 2.91 bits per heavy atom. The second kappa shape index (κ2) is 4.67. The van der Waals surface area contributed by atoms with Crippen molar-refractivity contribution < 1.29 is 15.0 Å². The van der Waals surface area contributed by atoms with E-state index in [-0.39, 0.29) is 23.8 Å². The van der Waals surface area contributed by atoms with Crippen LogP contribution in [0.3, 0.4) is 0 Å². The Hall–Kier alpha value is -2.15. The monoisotopic (exact) mass is 302 g/mol. The maximum Gasteiger partial charge on any atom is 0.354 e. The number of aliphatic hydroxyl groups is 1. The molecule has 1 atom stereocenters. The lowest BCUT2D eigenvalue weighted by molar-refractivity contribution is 0.0690. The van der Waals surface area contributed by atoms with Crippen LogP contribution in [0.1, 0.15) is 36.2 Å². The summed E-state index contributed by atoms with van der Waals surface area (Å²) in [6.45, 7) is 0.865. The molecular formula is C15H18N4O3. The number of rotatable bonds is 3. The van der Waals surface area contributed by atoms with Crippen molar-refractivity contribution in [2.75, 3.05) is 18.1 Å². The molecule has 4 rings (SSSR count). The maximum atomic E-state index is 11.3. The zero-order valence-electron chi connectivity index (χ0n) is 12.1. The molecule has 0 aromatic carbocycles. The van der Waals surface area contributed by atoms with Gasteiger partial charge in [0.1, 0.15) is 5.65 Å². The average molecular weight is 302 g/mol. The van der Waals surface area contributed by atoms with Gasteiger partial charge in [0.25, 0.3) is 0 Å². The van der Waals surface area contributed by atoms with Crippen LogP contribution in [0.2, 0.25) is 0 Å². The van der Waals surface area contributed by atoms with Crippen molar-refractivity contribution in [1.29, 1.82) is 0 Å². The lowest BCUT2D eigenvalue weighted by Gasteiger charge is -2.46. The highest BCUT2D eigenvalue weighted by molar-refractivity contribution is 5.87. The van der Waals surface area contributed by atoms with Crippen molar-refractivity contribution in [2.24, 2.45) is 5.92 Å². The number of carboxylic acid groups (broad SMARTS) is 1. The number of aromatic nitrogens is 3. The minimum Gasteiger partial charge on any atom is -0.477 e. The normalized spacial score (nSPS) is 23.1. The Morgan fingerprint density at radius 2 is 2.27 bits per heavy atom. The second-order valence-corrected chi connectivity index (χ2v) is 6.34. The van der Waals surface area contributed by atoms with Gasteiger partial charge in [-0.15, -0.1) is 0 Å². The third-order valence-corrected chi connectivity index (χ3v) is 5.06. The molecule has 7 nitrogen and oxygen atoms in total. The maximum absolute atomic E-state index is 11.3. The number of carboxylic acids is 1. The van der Waals surface area contributed by atoms with Crippen LogP contribution in [-0.2, 0) is 0 Å². The van der Waals surface area contributed by atoms with Gasteiger partial charge < -0.3 is 15.1 Å². The van der Waals surface area contributed by atoms with Gasteiger partial charge >= 0.3 is 5.97 Å². The van der Waals surface area contributed by atoms with Crippen LogP contribution >= 0.6 is 0 Å². The summed E-state index contributed by atoms with van der Waals surface area (Å²) in [5, 5.41) is 18.8. The molecule has 0 radical (unpaired) electrons. The van der Waals surface area contributed by atoms with Gasteiger partial charge in [-0.3, -0.25) is 4.40 Å². The second-order valence-electron chi connectivity index (χ2n) is 6.34. The van der Waals surface area contributed by atoms with Crippen molar-refractivity contribution in [3.05, 3.63) is 24.2 Å². The lowest BCUT2D eigenvalue weighted by atomic mass is 9.73. The fraction of sp³-hybridized carbons (Fsp3) is 0.533. The van der Waals surface area contributed by atoms with Crippen molar-refractivity contribution in [1.82, 2.24) is 14.4 Å². The number of aromatic carboxylic acids is 1. The lowest BCUT2D eigenvalue weighted by Crippen LogP contribution is -2.50. The summed E-state index contributed by atoms with van der Waals surface area (Å²) in [5.74, 6) is -0.204. The summed E-state index contributed by atoms with van der Waals surface area (Å²) in [7, 11) is 0. The molecular weight excluding hydrogens is 284 g/mol. The molecule has 1 aliphatic heterocycles. The van der Waals surface area contributed by atoms with Gasteiger partial charge in [0, 0.05) is 43.1 Å². The number of carbonyl (C=O) groups is 1. The highest BCUT2D eigenvalue weighted by atomic mass is 16.4. The van der Waals surface area contributed by atoms with E-state index in [9.17, 15) is 15.0 Å². The first-order valence-electron chi connectivity index (χ1n) is 7.59. The Kier molecular flexibility index (Phi) is 2.87. The fourth-order valence-electron chi connectivity index (χ4n) is 3.85. The predicted octanol–water partition coefficient (Wildman–Crippen LogP) is 1.17. The van der Waals surface area contributed by atoms with Crippen LogP contribution < -0.4 is 4.90 Å². The molecule has 1 spiro atoms. The Morgan fingerprint density at radius 1 is 1.45 bits per heavy atom. The van der Waals surface area contributed by atoms with Crippen molar-refractivity contribution in [2.45, 2.75) is 31.2 Å². The number of hydrogen-bond acceptors (Lipinski definition) is 5. The molecule has 1 saturated carbocycles. The molecule has 7 heteroatoms. The quantitative estimate of drug-likeness (QED) is 0.884. The number of aliphatic hydroxyl groups excluding tert-OH is 1. The largest absolute Gasteiger partial charge is 0.477 e. The third kappa shape index (κ3) is 1.81. The van der Waals surface area contributed by atoms with E-state index in [1.54, 1.807) is 6.20 Å². The highest BCUT2D eigenvalue weighted by Gasteiger charge is 2.50. The molecule has 2 N–H and O–H groups in total. The zero-order chi connectivity index (χ0) is 15.3. The van der Waals surface area contributed by atoms with Crippen LogP contribution in [-0.4, -0.2) is 49.2 Å². The van der Waals surface area contributed by atoms with Gasteiger partial charge in [-0.2, -0.15) is 0 Å². The molecule has 1 unspecified atom stereocenters. The summed E-state index contributed by atoms with van der Waals surface area (Å²) < 4.78 is 1.84. The van der Waals surface area contributed by atoms with Crippen molar-refractivity contribution in [3.63, 3.8) is 0 Å². The molecule has 22 heavy (non-hydrogen) atoms. The first-order valence-corrected chi connectivity index (χ1v) is 7.59. The summed E-state index contributed by atoms with van der Waals surface area (Å²) in [6.07, 6.45) is 7.71. The first kappa shape index (κ1) is 13.5.